The lowest BCUT2D eigenvalue weighted by Gasteiger charge is -2.20. The minimum atomic E-state index is -1.07. The van der Waals surface area contributed by atoms with Gasteiger partial charge in [0.05, 0.1) is 25.8 Å². The first-order valence-electron chi connectivity index (χ1n) is 8.81. The summed E-state index contributed by atoms with van der Waals surface area (Å²) >= 11 is 0. The van der Waals surface area contributed by atoms with Crippen LogP contribution in [0.1, 0.15) is 26.7 Å². The molecular weight excluding hydrogens is 352 g/mol. The number of methoxy groups -OCH3 is 2. The van der Waals surface area contributed by atoms with E-state index < -0.39 is 23.8 Å². The molecule has 2 N–H and O–H groups in total. The summed E-state index contributed by atoms with van der Waals surface area (Å²) in [5.74, 6) is -1.12. The number of benzene rings is 1. The quantitative estimate of drug-likeness (QED) is 0.713. The monoisotopic (exact) mass is 378 g/mol. The van der Waals surface area contributed by atoms with E-state index in [-0.39, 0.29) is 24.8 Å². The first kappa shape index (κ1) is 20.5. The number of carboxylic acid groups (broad SMARTS) is 1. The smallest absolute Gasteiger partial charge is 0.326 e. The molecule has 0 bridgehead atoms. The molecule has 1 aliphatic rings. The van der Waals surface area contributed by atoms with Crippen molar-refractivity contribution < 1.29 is 29.0 Å². The zero-order valence-corrected chi connectivity index (χ0v) is 16.0. The van der Waals surface area contributed by atoms with Crippen LogP contribution in [0.3, 0.4) is 0 Å². The van der Waals surface area contributed by atoms with Gasteiger partial charge >= 0.3 is 5.97 Å². The molecule has 148 valence electrons. The van der Waals surface area contributed by atoms with Crippen molar-refractivity contribution in [3.05, 3.63) is 18.2 Å². The highest BCUT2D eigenvalue weighted by molar-refractivity contribution is 6.01. The van der Waals surface area contributed by atoms with Crippen LogP contribution in [0.15, 0.2) is 18.2 Å². The lowest BCUT2D eigenvalue weighted by molar-refractivity contribution is -0.142. The summed E-state index contributed by atoms with van der Waals surface area (Å²) in [5, 5.41) is 11.9. The van der Waals surface area contributed by atoms with Crippen LogP contribution in [0.5, 0.6) is 11.5 Å². The molecule has 1 aliphatic heterocycles. The average molecular weight is 378 g/mol. The Kier molecular flexibility index (Phi) is 6.65. The standard InChI is InChI=1S/C19H26N2O6/c1-11(2)5-16(19(24)25)20-18(23)12-6-17(22)21(10-12)13-7-14(26-3)9-15(8-13)27-4/h7-9,11-12,16H,5-6,10H2,1-4H3,(H,20,23)(H,24,25). The molecule has 0 radical (unpaired) electrons. The van der Waals surface area contributed by atoms with Crippen LogP contribution in [0, 0.1) is 11.8 Å². The van der Waals surface area contributed by atoms with Gasteiger partial charge in [-0.3, -0.25) is 9.59 Å². The topological polar surface area (TPSA) is 105 Å². The second-order valence-corrected chi connectivity index (χ2v) is 7.01. The maximum absolute atomic E-state index is 12.5. The maximum Gasteiger partial charge on any atom is 0.326 e. The fourth-order valence-corrected chi connectivity index (χ4v) is 3.06. The van der Waals surface area contributed by atoms with Gasteiger partial charge in [-0.05, 0) is 12.3 Å². The Labute approximate surface area is 158 Å². The third kappa shape index (κ3) is 5.12. The largest absolute Gasteiger partial charge is 0.497 e. The molecule has 1 aromatic carbocycles. The molecule has 1 fully saturated rings. The number of anilines is 1. The van der Waals surface area contributed by atoms with Crippen molar-refractivity contribution in [2.45, 2.75) is 32.7 Å². The molecule has 1 saturated heterocycles. The number of aliphatic carboxylic acids is 1. The Morgan fingerprint density at radius 1 is 1.22 bits per heavy atom. The molecule has 0 aromatic heterocycles. The van der Waals surface area contributed by atoms with Crippen molar-refractivity contribution in [1.82, 2.24) is 5.32 Å². The third-order valence-electron chi connectivity index (χ3n) is 4.47. The average Bonchev–Trinajstić information content (AvgIpc) is 3.02. The van der Waals surface area contributed by atoms with E-state index in [1.807, 2.05) is 13.8 Å². The molecular formula is C19H26N2O6. The number of hydrogen-bond acceptors (Lipinski definition) is 5. The van der Waals surface area contributed by atoms with Crippen LogP contribution in [-0.2, 0) is 14.4 Å². The second kappa shape index (κ2) is 8.75. The highest BCUT2D eigenvalue weighted by atomic mass is 16.5. The SMILES string of the molecule is COc1cc(OC)cc(N2CC(C(=O)NC(CC(C)C)C(=O)O)CC2=O)c1. The Morgan fingerprint density at radius 3 is 2.30 bits per heavy atom. The summed E-state index contributed by atoms with van der Waals surface area (Å²) in [6.07, 6.45) is 0.359. The zero-order valence-electron chi connectivity index (χ0n) is 16.0. The van der Waals surface area contributed by atoms with E-state index >= 15 is 0 Å². The number of carbonyl (C=O) groups excluding carboxylic acids is 2. The van der Waals surface area contributed by atoms with Crippen molar-refractivity contribution in [2.24, 2.45) is 11.8 Å². The van der Waals surface area contributed by atoms with Crippen molar-refractivity contribution in [3.63, 3.8) is 0 Å². The number of ether oxygens (including phenoxy) is 2. The van der Waals surface area contributed by atoms with Crippen molar-refractivity contribution in [1.29, 1.82) is 0 Å². The predicted molar refractivity (Wildman–Crippen MR) is 99.0 cm³/mol. The Hall–Kier alpha value is -2.77. The highest BCUT2D eigenvalue weighted by Crippen LogP contribution is 2.32. The number of carbonyl (C=O) groups is 3. The van der Waals surface area contributed by atoms with E-state index in [4.69, 9.17) is 9.47 Å². The number of nitrogens with zero attached hydrogens (tertiary/aromatic N) is 1. The summed E-state index contributed by atoms with van der Waals surface area (Å²) in [7, 11) is 3.03. The van der Waals surface area contributed by atoms with E-state index in [1.54, 1.807) is 18.2 Å². The summed E-state index contributed by atoms with van der Waals surface area (Å²) < 4.78 is 10.4. The first-order valence-corrected chi connectivity index (χ1v) is 8.81. The van der Waals surface area contributed by atoms with Crippen LogP contribution in [0.25, 0.3) is 0 Å². The Balaban J connectivity index is 2.12. The van der Waals surface area contributed by atoms with Crippen molar-refractivity contribution in [3.8, 4) is 11.5 Å². The summed E-state index contributed by atoms with van der Waals surface area (Å²) in [6, 6.07) is 4.12. The van der Waals surface area contributed by atoms with E-state index in [2.05, 4.69) is 5.32 Å². The maximum atomic E-state index is 12.5. The van der Waals surface area contributed by atoms with Crippen molar-refractivity contribution >= 4 is 23.5 Å². The fraction of sp³-hybridized carbons (Fsp3) is 0.526. The van der Waals surface area contributed by atoms with E-state index in [0.717, 1.165) is 0 Å². The fourth-order valence-electron chi connectivity index (χ4n) is 3.06. The van der Waals surface area contributed by atoms with Gasteiger partial charge in [0.25, 0.3) is 0 Å². The summed E-state index contributed by atoms with van der Waals surface area (Å²) in [5.41, 5.74) is 0.573. The molecule has 27 heavy (non-hydrogen) atoms. The second-order valence-electron chi connectivity index (χ2n) is 7.01. The van der Waals surface area contributed by atoms with Crippen molar-refractivity contribution in [2.75, 3.05) is 25.7 Å². The number of nitrogens with one attached hydrogen (secondary N) is 1. The molecule has 1 aromatic rings. The minimum absolute atomic E-state index is 0.0272. The van der Waals surface area contributed by atoms with Gasteiger partial charge in [-0.2, -0.15) is 0 Å². The highest BCUT2D eigenvalue weighted by Gasteiger charge is 2.37. The number of hydrogen-bond donors (Lipinski definition) is 2. The van der Waals surface area contributed by atoms with Crippen LogP contribution in [-0.4, -0.2) is 49.7 Å². The number of rotatable bonds is 8. The van der Waals surface area contributed by atoms with Gasteiger partial charge in [0.2, 0.25) is 11.8 Å². The molecule has 0 aliphatic carbocycles. The Bertz CT molecular complexity index is 696. The normalized spacial score (nSPS) is 17.7. The van der Waals surface area contributed by atoms with Gasteiger partial charge in [-0.25, -0.2) is 4.79 Å². The summed E-state index contributed by atoms with van der Waals surface area (Å²) in [4.78, 5) is 37.8. The summed E-state index contributed by atoms with van der Waals surface area (Å²) in [6.45, 7) is 3.95. The molecule has 2 rings (SSSR count). The van der Waals surface area contributed by atoms with Crippen LogP contribution >= 0.6 is 0 Å². The molecule has 2 unspecified atom stereocenters. The molecule has 0 spiro atoms. The molecule has 8 heteroatoms. The van der Waals surface area contributed by atoms with Crippen LogP contribution in [0.2, 0.25) is 0 Å². The number of carboxylic acids is 1. The zero-order chi connectivity index (χ0) is 20.1. The lowest BCUT2D eigenvalue weighted by atomic mass is 10.0. The molecule has 2 amide bonds. The van der Waals surface area contributed by atoms with Gasteiger partial charge in [-0.1, -0.05) is 13.8 Å². The van der Waals surface area contributed by atoms with E-state index in [1.165, 1.54) is 19.1 Å². The van der Waals surface area contributed by atoms with Gasteiger partial charge in [0, 0.05) is 31.2 Å². The molecule has 2 atom stereocenters. The van der Waals surface area contributed by atoms with Crippen LogP contribution in [0.4, 0.5) is 5.69 Å². The van der Waals surface area contributed by atoms with E-state index in [9.17, 15) is 19.5 Å². The first-order chi connectivity index (χ1) is 12.7. The molecule has 0 saturated carbocycles. The minimum Gasteiger partial charge on any atom is -0.497 e. The Morgan fingerprint density at radius 2 is 1.81 bits per heavy atom. The molecule has 8 nitrogen and oxygen atoms in total. The van der Waals surface area contributed by atoms with Gasteiger partial charge in [0.1, 0.15) is 17.5 Å². The predicted octanol–water partition coefficient (Wildman–Crippen LogP) is 1.67. The van der Waals surface area contributed by atoms with Crippen LogP contribution < -0.4 is 19.7 Å². The number of amides is 2. The van der Waals surface area contributed by atoms with Gasteiger partial charge in [0.15, 0.2) is 0 Å². The van der Waals surface area contributed by atoms with Gasteiger partial charge in [-0.15, -0.1) is 0 Å². The third-order valence-corrected chi connectivity index (χ3v) is 4.47. The lowest BCUT2D eigenvalue weighted by Crippen LogP contribution is -2.44. The van der Waals surface area contributed by atoms with Gasteiger partial charge < -0.3 is 24.8 Å². The molecule has 1 heterocycles. The van der Waals surface area contributed by atoms with E-state index in [0.29, 0.717) is 23.6 Å².